The molecule has 11 heavy (non-hydrogen) atoms. The van der Waals surface area contributed by atoms with Gasteiger partial charge in [-0.1, -0.05) is 32.9 Å². The molecule has 0 aromatic rings. The Morgan fingerprint density at radius 3 is 2.36 bits per heavy atom. The summed E-state index contributed by atoms with van der Waals surface area (Å²) >= 11 is 0. The van der Waals surface area contributed by atoms with Gasteiger partial charge in [0.2, 0.25) is 0 Å². The maximum Gasteiger partial charge on any atom is 0.159 e. The van der Waals surface area contributed by atoms with E-state index in [9.17, 15) is 4.79 Å². The van der Waals surface area contributed by atoms with Crippen molar-refractivity contribution < 1.29 is 4.79 Å². The summed E-state index contributed by atoms with van der Waals surface area (Å²) < 4.78 is 0. The van der Waals surface area contributed by atoms with Crippen molar-refractivity contribution in [3.63, 3.8) is 0 Å². The summed E-state index contributed by atoms with van der Waals surface area (Å²) in [7, 11) is 0. The van der Waals surface area contributed by atoms with E-state index in [4.69, 9.17) is 0 Å². The maximum absolute atomic E-state index is 10.9. The average Bonchev–Trinajstić information content (AvgIpc) is 1.83. The molecule has 0 heterocycles. The third-order valence-electron chi connectivity index (χ3n) is 1.11. The predicted molar refractivity (Wildman–Crippen MR) is 48.4 cm³/mol. The molecule has 0 aromatic heterocycles. The minimum absolute atomic E-state index is 0.0941. The van der Waals surface area contributed by atoms with Crippen LogP contribution in [-0.2, 0) is 4.79 Å². The zero-order valence-electron chi connectivity index (χ0n) is 7.55. The van der Waals surface area contributed by atoms with Gasteiger partial charge in [0.15, 0.2) is 5.78 Å². The summed E-state index contributed by atoms with van der Waals surface area (Å²) in [4.78, 5) is 10.9. The Morgan fingerprint density at radius 2 is 2.00 bits per heavy atom. The smallest absolute Gasteiger partial charge is 0.159 e. The van der Waals surface area contributed by atoms with E-state index in [0.717, 1.165) is 0 Å². The Labute approximate surface area is 68.8 Å². The van der Waals surface area contributed by atoms with Crippen LogP contribution < -0.4 is 0 Å². The zero-order chi connectivity index (χ0) is 8.91. The fourth-order valence-corrected chi connectivity index (χ4v) is 0.553. The van der Waals surface area contributed by atoms with E-state index in [1.807, 2.05) is 6.08 Å². The second-order valence-electron chi connectivity index (χ2n) is 3.66. The highest BCUT2D eigenvalue weighted by atomic mass is 16.1. The normalized spacial score (nSPS) is 11.9. The summed E-state index contributed by atoms with van der Waals surface area (Å²) in [6.45, 7) is 9.67. The Hall–Kier alpha value is -0.850. The van der Waals surface area contributed by atoms with E-state index in [0.29, 0.717) is 6.42 Å². The number of carbonyl (C=O) groups excluding carboxylic acids is 1. The quantitative estimate of drug-likeness (QED) is 0.449. The number of ketones is 1. The van der Waals surface area contributed by atoms with Crippen molar-refractivity contribution in [1.82, 2.24) is 0 Å². The molecule has 0 rings (SSSR count). The van der Waals surface area contributed by atoms with Crippen molar-refractivity contribution >= 4 is 5.78 Å². The van der Waals surface area contributed by atoms with Gasteiger partial charge in [0.25, 0.3) is 0 Å². The lowest BCUT2D eigenvalue weighted by Crippen LogP contribution is -2.00. The molecule has 0 bridgehead atoms. The van der Waals surface area contributed by atoms with Gasteiger partial charge in [0, 0.05) is 6.42 Å². The van der Waals surface area contributed by atoms with Gasteiger partial charge < -0.3 is 0 Å². The molecule has 0 aromatic carbocycles. The number of hydrogen-bond donors (Lipinski definition) is 0. The van der Waals surface area contributed by atoms with Crippen LogP contribution in [0.2, 0.25) is 0 Å². The molecule has 0 saturated heterocycles. The summed E-state index contributed by atoms with van der Waals surface area (Å²) in [5, 5.41) is 0. The Kier molecular flexibility index (Phi) is 3.80. The third-order valence-corrected chi connectivity index (χ3v) is 1.11. The van der Waals surface area contributed by atoms with Gasteiger partial charge in [-0.3, -0.25) is 4.79 Å². The van der Waals surface area contributed by atoms with Crippen LogP contribution in [0.25, 0.3) is 0 Å². The standard InChI is InChI=1S/C10H16O/c1-5-6-9(11)7-8-10(2,3)4/h5,7-8H,1,6H2,2-4H3/b8-7+. The molecule has 0 N–H and O–H groups in total. The van der Waals surface area contributed by atoms with Crippen LogP contribution in [0.3, 0.4) is 0 Å². The molecule has 0 aliphatic rings. The first-order valence-electron chi connectivity index (χ1n) is 3.78. The van der Waals surface area contributed by atoms with E-state index < -0.39 is 0 Å². The molecule has 62 valence electrons. The van der Waals surface area contributed by atoms with Crippen LogP contribution in [0.15, 0.2) is 24.8 Å². The molecular formula is C10H16O. The fraction of sp³-hybridized carbons (Fsp3) is 0.500. The summed E-state index contributed by atoms with van der Waals surface area (Å²) in [6, 6.07) is 0. The van der Waals surface area contributed by atoms with Crippen LogP contribution in [0, 0.1) is 5.41 Å². The van der Waals surface area contributed by atoms with Crippen LogP contribution in [0.5, 0.6) is 0 Å². The zero-order valence-corrected chi connectivity index (χ0v) is 7.55. The summed E-state index contributed by atoms with van der Waals surface area (Å²) in [5.41, 5.74) is 0.0941. The molecule has 1 heteroatoms. The SMILES string of the molecule is C=CCC(=O)/C=C/C(C)(C)C. The molecule has 0 aliphatic carbocycles. The van der Waals surface area contributed by atoms with E-state index in [-0.39, 0.29) is 11.2 Å². The van der Waals surface area contributed by atoms with Crippen molar-refractivity contribution in [3.05, 3.63) is 24.8 Å². The van der Waals surface area contributed by atoms with Gasteiger partial charge in [-0.15, -0.1) is 6.58 Å². The van der Waals surface area contributed by atoms with E-state index >= 15 is 0 Å². The average molecular weight is 152 g/mol. The first-order valence-corrected chi connectivity index (χ1v) is 3.78. The van der Waals surface area contributed by atoms with Gasteiger partial charge in [0.05, 0.1) is 0 Å². The first kappa shape index (κ1) is 10.2. The maximum atomic E-state index is 10.9. The minimum Gasteiger partial charge on any atom is -0.295 e. The molecule has 0 unspecified atom stereocenters. The van der Waals surface area contributed by atoms with E-state index in [2.05, 4.69) is 27.4 Å². The van der Waals surface area contributed by atoms with Gasteiger partial charge in [-0.25, -0.2) is 0 Å². The Balaban J connectivity index is 3.93. The van der Waals surface area contributed by atoms with Crippen molar-refractivity contribution in [2.24, 2.45) is 5.41 Å². The fourth-order valence-electron chi connectivity index (χ4n) is 0.553. The van der Waals surface area contributed by atoms with Crippen molar-refractivity contribution in [3.8, 4) is 0 Å². The number of allylic oxidation sites excluding steroid dienone is 3. The molecule has 0 fully saturated rings. The van der Waals surface area contributed by atoms with Crippen molar-refractivity contribution in [2.75, 3.05) is 0 Å². The number of hydrogen-bond acceptors (Lipinski definition) is 1. The molecule has 0 spiro atoms. The highest BCUT2D eigenvalue weighted by Crippen LogP contribution is 2.14. The number of carbonyl (C=O) groups is 1. The highest BCUT2D eigenvalue weighted by molar-refractivity contribution is 5.90. The molecule has 0 amide bonds. The molecule has 0 radical (unpaired) electrons. The third kappa shape index (κ3) is 7.04. The largest absolute Gasteiger partial charge is 0.295 e. The number of rotatable bonds is 3. The Morgan fingerprint density at radius 1 is 1.45 bits per heavy atom. The topological polar surface area (TPSA) is 17.1 Å². The highest BCUT2D eigenvalue weighted by Gasteiger charge is 2.04. The second kappa shape index (κ2) is 4.12. The van der Waals surface area contributed by atoms with Gasteiger partial charge in [-0.2, -0.15) is 0 Å². The van der Waals surface area contributed by atoms with Crippen molar-refractivity contribution in [2.45, 2.75) is 27.2 Å². The van der Waals surface area contributed by atoms with Gasteiger partial charge in [-0.05, 0) is 11.5 Å². The van der Waals surface area contributed by atoms with Crippen LogP contribution >= 0.6 is 0 Å². The van der Waals surface area contributed by atoms with Crippen molar-refractivity contribution in [1.29, 1.82) is 0 Å². The predicted octanol–water partition coefficient (Wildman–Crippen LogP) is 2.73. The monoisotopic (exact) mass is 152 g/mol. The summed E-state index contributed by atoms with van der Waals surface area (Å²) in [5.74, 6) is 0.120. The lowest BCUT2D eigenvalue weighted by molar-refractivity contribution is -0.113. The molecule has 0 atom stereocenters. The molecule has 0 aliphatic heterocycles. The van der Waals surface area contributed by atoms with Crippen LogP contribution in [-0.4, -0.2) is 5.78 Å². The van der Waals surface area contributed by atoms with Crippen LogP contribution in [0.1, 0.15) is 27.2 Å². The molecule has 1 nitrogen and oxygen atoms in total. The van der Waals surface area contributed by atoms with Gasteiger partial charge in [0.1, 0.15) is 0 Å². The summed E-state index contributed by atoms with van der Waals surface area (Å²) in [6.07, 6.45) is 5.60. The molecular weight excluding hydrogens is 136 g/mol. The lowest BCUT2D eigenvalue weighted by Gasteiger charge is -2.10. The lowest BCUT2D eigenvalue weighted by atomic mass is 9.96. The molecule has 0 saturated carbocycles. The Bertz CT molecular complexity index is 170. The van der Waals surface area contributed by atoms with Crippen LogP contribution in [0.4, 0.5) is 0 Å². The van der Waals surface area contributed by atoms with E-state index in [1.54, 1.807) is 12.2 Å². The first-order chi connectivity index (χ1) is 4.95. The van der Waals surface area contributed by atoms with E-state index in [1.165, 1.54) is 0 Å². The minimum atomic E-state index is 0.0941. The van der Waals surface area contributed by atoms with Gasteiger partial charge >= 0.3 is 0 Å². The second-order valence-corrected chi connectivity index (χ2v) is 3.66.